The predicted molar refractivity (Wildman–Crippen MR) is 54.4 cm³/mol. The van der Waals surface area contributed by atoms with Crippen LogP contribution in [-0.4, -0.2) is 29.6 Å². The summed E-state index contributed by atoms with van der Waals surface area (Å²) in [4.78, 5) is 22.0. The van der Waals surface area contributed by atoms with Gasteiger partial charge >= 0.3 is 12.1 Å². The maximum absolute atomic E-state index is 11.1. The zero-order chi connectivity index (χ0) is 12.2. The van der Waals surface area contributed by atoms with E-state index in [9.17, 15) is 9.59 Å². The van der Waals surface area contributed by atoms with Gasteiger partial charge in [0.2, 0.25) is 5.72 Å². The lowest BCUT2D eigenvalue weighted by atomic mass is 9.92. The number of carboxylic acids is 1. The van der Waals surface area contributed by atoms with Gasteiger partial charge in [0.15, 0.2) is 0 Å². The summed E-state index contributed by atoms with van der Waals surface area (Å²) in [6, 6.07) is 0. The Kier molecular flexibility index (Phi) is 3.68. The molecule has 0 aromatic carbocycles. The molecule has 2 atom stereocenters. The zero-order valence-electron chi connectivity index (χ0n) is 8.75. The van der Waals surface area contributed by atoms with Crippen LogP contribution in [0, 0.1) is 5.92 Å². The van der Waals surface area contributed by atoms with Gasteiger partial charge in [0.05, 0.1) is 6.61 Å². The molecular weight excluding hydrogens is 214 g/mol. The maximum Gasteiger partial charge on any atom is 0.510 e. The van der Waals surface area contributed by atoms with Crippen molar-refractivity contribution in [1.82, 2.24) is 0 Å². The van der Waals surface area contributed by atoms with Crippen LogP contribution < -0.4 is 5.73 Å². The zero-order valence-corrected chi connectivity index (χ0v) is 8.75. The molecule has 0 saturated heterocycles. The molecule has 6 nitrogen and oxygen atoms in total. The van der Waals surface area contributed by atoms with Crippen molar-refractivity contribution in [2.75, 3.05) is 6.61 Å². The van der Waals surface area contributed by atoms with E-state index in [2.05, 4.69) is 4.74 Å². The van der Waals surface area contributed by atoms with E-state index < -0.39 is 23.8 Å². The van der Waals surface area contributed by atoms with Crippen molar-refractivity contribution >= 4 is 12.1 Å². The second kappa shape index (κ2) is 4.80. The van der Waals surface area contributed by atoms with Gasteiger partial charge in [-0.15, -0.1) is 0 Å². The highest BCUT2D eigenvalue weighted by Crippen LogP contribution is 2.24. The predicted octanol–water partition coefficient (Wildman–Crippen LogP) is 0.641. The summed E-state index contributed by atoms with van der Waals surface area (Å²) < 4.78 is 9.34. The number of hydrogen-bond acceptors (Lipinski definition) is 5. The lowest BCUT2D eigenvalue weighted by molar-refractivity contribution is -0.147. The Labute approximate surface area is 92.3 Å². The Bertz CT molecular complexity index is 349. The van der Waals surface area contributed by atoms with Crippen LogP contribution in [0.5, 0.6) is 0 Å². The molecule has 0 aromatic heterocycles. The molecule has 88 valence electrons. The van der Waals surface area contributed by atoms with Crippen molar-refractivity contribution < 1.29 is 24.2 Å². The Hall–Kier alpha value is -1.82. The first-order chi connectivity index (χ1) is 7.49. The molecular formula is C10H13NO5. The highest BCUT2D eigenvalue weighted by atomic mass is 16.7. The Morgan fingerprint density at radius 3 is 2.75 bits per heavy atom. The van der Waals surface area contributed by atoms with Crippen LogP contribution >= 0.6 is 0 Å². The fourth-order valence-corrected chi connectivity index (χ4v) is 1.30. The Balaban J connectivity index is 2.80. The van der Waals surface area contributed by atoms with Crippen molar-refractivity contribution in [2.24, 2.45) is 11.7 Å². The number of hydrogen-bond donors (Lipinski definition) is 2. The highest BCUT2D eigenvalue weighted by Gasteiger charge is 2.41. The summed E-state index contributed by atoms with van der Waals surface area (Å²) in [5.41, 5.74) is 3.99. The SMILES string of the molecule is CCOC(=O)OC1(N)C=CC=CC1C(=O)O. The van der Waals surface area contributed by atoms with Crippen molar-refractivity contribution in [3.63, 3.8) is 0 Å². The van der Waals surface area contributed by atoms with Crippen molar-refractivity contribution in [2.45, 2.75) is 12.6 Å². The van der Waals surface area contributed by atoms with E-state index in [1.54, 1.807) is 6.92 Å². The molecule has 0 amide bonds. The number of rotatable bonds is 3. The number of allylic oxidation sites excluding steroid dienone is 2. The summed E-state index contributed by atoms with van der Waals surface area (Å²) in [5.74, 6) is -2.30. The van der Waals surface area contributed by atoms with Crippen molar-refractivity contribution in [3.05, 3.63) is 24.3 Å². The van der Waals surface area contributed by atoms with Crippen LogP contribution in [0.2, 0.25) is 0 Å². The average molecular weight is 227 g/mol. The molecule has 1 aliphatic carbocycles. The van der Waals surface area contributed by atoms with Gasteiger partial charge in [0.1, 0.15) is 5.92 Å². The normalized spacial score (nSPS) is 27.5. The minimum Gasteiger partial charge on any atom is -0.481 e. The second-order valence-electron chi connectivity index (χ2n) is 3.20. The van der Waals surface area contributed by atoms with E-state index in [0.717, 1.165) is 0 Å². The van der Waals surface area contributed by atoms with Crippen LogP contribution in [0.15, 0.2) is 24.3 Å². The van der Waals surface area contributed by atoms with Crippen molar-refractivity contribution in [3.8, 4) is 0 Å². The number of nitrogens with two attached hydrogens (primary N) is 1. The minimum absolute atomic E-state index is 0.131. The number of aliphatic carboxylic acids is 1. The third kappa shape index (κ3) is 2.60. The molecule has 16 heavy (non-hydrogen) atoms. The molecule has 0 bridgehead atoms. The molecule has 1 aliphatic rings. The van der Waals surface area contributed by atoms with Crippen LogP contribution in [0.4, 0.5) is 4.79 Å². The summed E-state index contributed by atoms with van der Waals surface area (Å²) in [6.45, 7) is 1.74. The summed E-state index contributed by atoms with van der Waals surface area (Å²) in [7, 11) is 0. The van der Waals surface area contributed by atoms with Crippen LogP contribution in [0.1, 0.15) is 6.92 Å². The van der Waals surface area contributed by atoms with E-state index >= 15 is 0 Å². The first-order valence-electron chi connectivity index (χ1n) is 4.73. The second-order valence-corrected chi connectivity index (χ2v) is 3.20. The fraction of sp³-hybridized carbons (Fsp3) is 0.400. The number of carbonyl (C=O) groups excluding carboxylic acids is 1. The standard InChI is InChI=1S/C10H13NO5/c1-2-15-9(14)16-10(11)6-4-3-5-7(10)8(12)13/h3-7H,2,11H2,1H3,(H,12,13). The van der Waals surface area contributed by atoms with Gasteiger partial charge in [-0.05, 0) is 13.0 Å². The number of ether oxygens (including phenoxy) is 2. The average Bonchev–Trinajstić information content (AvgIpc) is 2.17. The van der Waals surface area contributed by atoms with E-state index in [0.29, 0.717) is 0 Å². The summed E-state index contributed by atoms with van der Waals surface area (Å²) in [6.07, 6.45) is 4.71. The lowest BCUT2D eigenvalue weighted by Crippen LogP contribution is -2.52. The Morgan fingerprint density at radius 2 is 2.19 bits per heavy atom. The topological polar surface area (TPSA) is 98.9 Å². The largest absolute Gasteiger partial charge is 0.510 e. The van der Waals surface area contributed by atoms with E-state index in [1.807, 2.05) is 0 Å². The van der Waals surface area contributed by atoms with E-state index in [4.69, 9.17) is 15.6 Å². The van der Waals surface area contributed by atoms with Gasteiger partial charge in [-0.3, -0.25) is 10.5 Å². The molecule has 2 unspecified atom stereocenters. The molecule has 1 rings (SSSR count). The minimum atomic E-state index is -1.70. The highest BCUT2D eigenvalue weighted by molar-refractivity contribution is 5.75. The first-order valence-corrected chi connectivity index (χ1v) is 4.73. The third-order valence-corrected chi connectivity index (χ3v) is 2.05. The quantitative estimate of drug-likeness (QED) is 0.542. The molecule has 0 fully saturated rings. The van der Waals surface area contributed by atoms with Crippen LogP contribution in [-0.2, 0) is 14.3 Å². The van der Waals surface area contributed by atoms with E-state index in [1.165, 1.54) is 24.3 Å². The van der Waals surface area contributed by atoms with Gasteiger partial charge in [0.25, 0.3) is 0 Å². The third-order valence-electron chi connectivity index (χ3n) is 2.05. The van der Waals surface area contributed by atoms with Gasteiger partial charge in [-0.2, -0.15) is 0 Å². The van der Waals surface area contributed by atoms with Crippen LogP contribution in [0.3, 0.4) is 0 Å². The molecule has 0 heterocycles. The molecule has 0 saturated carbocycles. The van der Waals surface area contributed by atoms with Crippen LogP contribution in [0.25, 0.3) is 0 Å². The number of carboxylic acid groups (broad SMARTS) is 1. The van der Waals surface area contributed by atoms with Gasteiger partial charge in [-0.25, -0.2) is 4.79 Å². The monoisotopic (exact) mass is 227 g/mol. The smallest absolute Gasteiger partial charge is 0.481 e. The lowest BCUT2D eigenvalue weighted by Gasteiger charge is -2.30. The van der Waals surface area contributed by atoms with Crippen molar-refractivity contribution in [1.29, 1.82) is 0 Å². The summed E-state index contributed by atoms with van der Waals surface area (Å²) in [5, 5.41) is 8.92. The van der Waals surface area contributed by atoms with Gasteiger partial charge in [0, 0.05) is 0 Å². The Morgan fingerprint density at radius 1 is 1.50 bits per heavy atom. The first kappa shape index (κ1) is 12.3. The molecule has 0 aromatic rings. The van der Waals surface area contributed by atoms with E-state index in [-0.39, 0.29) is 6.61 Å². The van der Waals surface area contributed by atoms with Gasteiger partial charge in [-0.1, -0.05) is 18.2 Å². The summed E-state index contributed by atoms with van der Waals surface area (Å²) >= 11 is 0. The molecule has 3 N–H and O–H groups in total. The molecule has 0 spiro atoms. The number of carbonyl (C=O) groups is 2. The fourth-order valence-electron chi connectivity index (χ4n) is 1.30. The van der Waals surface area contributed by atoms with Gasteiger partial charge < -0.3 is 14.6 Å². The molecule has 0 radical (unpaired) electrons. The molecule has 0 aliphatic heterocycles. The maximum atomic E-state index is 11.1. The molecule has 6 heteroatoms.